The first kappa shape index (κ1) is 19.7. The number of ether oxygens (including phenoxy) is 2. The fourth-order valence-electron chi connectivity index (χ4n) is 2.87. The molecular formula is C17H24FN3O5. The number of carbonyl (C=O) groups is 1. The lowest BCUT2D eigenvalue weighted by Gasteiger charge is -2.41. The van der Waals surface area contributed by atoms with Gasteiger partial charge in [-0.25, -0.2) is 4.79 Å². The fourth-order valence-corrected chi connectivity index (χ4v) is 2.87. The van der Waals surface area contributed by atoms with Crippen LogP contribution in [0.15, 0.2) is 12.1 Å². The van der Waals surface area contributed by atoms with E-state index in [4.69, 9.17) is 9.47 Å². The summed E-state index contributed by atoms with van der Waals surface area (Å²) in [5.74, 6) is -0.753. The van der Waals surface area contributed by atoms with Crippen molar-refractivity contribution in [3.05, 3.63) is 28.1 Å². The summed E-state index contributed by atoms with van der Waals surface area (Å²) >= 11 is 0. The number of nitro groups is 1. The van der Waals surface area contributed by atoms with Gasteiger partial charge in [-0.15, -0.1) is 0 Å². The van der Waals surface area contributed by atoms with Gasteiger partial charge in [0.1, 0.15) is 17.0 Å². The summed E-state index contributed by atoms with van der Waals surface area (Å²) in [4.78, 5) is 26.1. The molecule has 0 N–H and O–H groups in total. The van der Waals surface area contributed by atoms with Crippen molar-refractivity contribution in [2.45, 2.75) is 39.3 Å². The molecule has 0 aliphatic carbocycles. The molecule has 26 heavy (non-hydrogen) atoms. The van der Waals surface area contributed by atoms with Gasteiger partial charge in [0.15, 0.2) is 0 Å². The lowest BCUT2D eigenvalue weighted by atomic mass is 10.1. The third-order valence-corrected chi connectivity index (χ3v) is 4.03. The zero-order chi connectivity index (χ0) is 19.6. The van der Waals surface area contributed by atoms with E-state index in [-0.39, 0.29) is 17.5 Å². The minimum absolute atomic E-state index is 0.141. The van der Waals surface area contributed by atoms with Crippen LogP contribution in [-0.4, -0.2) is 54.3 Å². The predicted octanol–water partition coefficient (Wildman–Crippen LogP) is 3.19. The normalized spacial score (nSPS) is 17.8. The van der Waals surface area contributed by atoms with Gasteiger partial charge in [0.2, 0.25) is 5.82 Å². The largest absolute Gasteiger partial charge is 0.497 e. The van der Waals surface area contributed by atoms with E-state index in [9.17, 15) is 19.3 Å². The number of rotatable bonds is 3. The summed E-state index contributed by atoms with van der Waals surface area (Å²) in [7, 11) is 1.37. The van der Waals surface area contributed by atoms with Crippen LogP contribution < -0.4 is 9.64 Å². The molecule has 144 valence electrons. The van der Waals surface area contributed by atoms with E-state index in [0.29, 0.717) is 19.6 Å². The first-order valence-electron chi connectivity index (χ1n) is 8.30. The van der Waals surface area contributed by atoms with E-state index in [2.05, 4.69) is 0 Å². The Kier molecular flexibility index (Phi) is 5.58. The van der Waals surface area contributed by atoms with E-state index in [1.54, 1.807) is 30.6 Å². The Hall–Kier alpha value is -2.58. The minimum atomic E-state index is -0.952. The van der Waals surface area contributed by atoms with Gasteiger partial charge in [0.25, 0.3) is 0 Å². The molecule has 1 aliphatic heterocycles. The molecule has 1 amide bonds. The molecule has 0 aromatic heterocycles. The van der Waals surface area contributed by atoms with Crippen molar-refractivity contribution in [2.75, 3.05) is 31.6 Å². The van der Waals surface area contributed by atoms with Gasteiger partial charge >= 0.3 is 11.8 Å². The van der Waals surface area contributed by atoms with Gasteiger partial charge in [-0.3, -0.25) is 10.1 Å². The molecule has 0 saturated carbocycles. The molecule has 1 aromatic rings. The molecule has 9 heteroatoms. The van der Waals surface area contributed by atoms with Gasteiger partial charge in [-0.05, 0) is 27.7 Å². The van der Waals surface area contributed by atoms with Gasteiger partial charge < -0.3 is 19.3 Å². The van der Waals surface area contributed by atoms with Gasteiger partial charge in [0.05, 0.1) is 12.0 Å². The predicted molar refractivity (Wildman–Crippen MR) is 94.2 cm³/mol. The number of methoxy groups -OCH3 is 1. The summed E-state index contributed by atoms with van der Waals surface area (Å²) in [6.45, 7) is 8.12. The molecule has 1 aliphatic rings. The average Bonchev–Trinajstić information content (AvgIpc) is 2.51. The first-order chi connectivity index (χ1) is 12.0. The number of benzene rings is 1. The highest BCUT2D eigenvalue weighted by Crippen LogP contribution is 2.36. The number of hydrogen-bond acceptors (Lipinski definition) is 6. The first-order valence-corrected chi connectivity index (χ1v) is 8.30. The third kappa shape index (κ3) is 4.33. The zero-order valence-corrected chi connectivity index (χ0v) is 15.6. The van der Waals surface area contributed by atoms with Crippen LogP contribution in [0.3, 0.4) is 0 Å². The van der Waals surface area contributed by atoms with E-state index in [1.165, 1.54) is 13.2 Å². The molecule has 0 unspecified atom stereocenters. The Balaban J connectivity index is 2.25. The number of piperazine rings is 1. The van der Waals surface area contributed by atoms with Crippen LogP contribution in [0.5, 0.6) is 5.75 Å². The highest BCUT2D eigenvalue weighted by atomic mass is 19.1. The zero-order valence-electron chi connectivity index (χ0n) is 15.6. The Morgan fingerprint density at radius 2 is 2.00 bits per heavy atom. The topological polar surface area (TPSA) is 85.2 Å². The Labute approximate surface area is 151 Å². The second kappa shape index (κ2) is 7.35. The van der Waals surface area contributed by atoms with E-state index in [0.717, 1.165) is 6.07 Å². The molecule has 1 saturated heterocycles. The molecule has 1 aromatic carbocycles. The highest BCUT2D eigenvalue weighted by molar-refractivity contribution is 5.71. The average molecular weight is 369 g/mol. The standard InChI is InChI=1S/C17H24FN3O5/c1-11-10-19(6-7-20(11)16(22)26-17(2,3)4)14-9-12(25-5)8-13(18)15(14)21(23)24/h8-9,11H,6-7,10H2,1-5H3/t11-/m1/s1. The van der Waals surface area contributed by atoms with E-state index < -0.39 is 28.1 Å². The van der Waals surface area contributed by atoms with Crippen molar-refractivity contribution in [3.8, 4) is 5.75 Å². The molecule has 1 atom stereocenters. The maximum atomic E-state index is 14.2. The molecule has 1 heterocycles. The van der Waals surface area contributed by atoms with Crippen LogP contribution in [0.4, 0.5) is 20.6 Å². The van der Waals surface area contributed by atoms with Crippen LogP contribution in [0.2, 0.25) is 0 Å². The van der Waals surface area contributed by atoms with E-state index >= 15 is 0 Å². The van der Waals surface area contributed by atoms with Crippen LogP contribution >= 0.6 is 0 Å². The number of hydrogen-bond donors (Lipinski definition) is 0. The maximum absolute atomic E-state index is 14.2. The molecule has 0 bridgehead atoms. The van der Waals surface area contributed by atoms with Gasteiger partial charge in [-0.1, -0.05) is 0 Å². The number of anilines is 1. The van der Waals surface area contributed by atoms with Crippen LogP contribution in [0.1, 0.15) is 27.7 Å². The quantitative estimate of drug-likeness (QED) is 0.601. The SMILES string of the molecule is COc1cc(F)c([N+](=O)[O-])c(N2CCN(C(=O)OC(C)(C)C)[C@H](C)C2)c1. The van der Waals surface area contributed by atoms with Crippen molar-refractivity contribution in [1.29, 1.82) is 0 Å². The molecule has 2 rings (SSSR count). The summed E-state index contributed by atoms with van der Waals surface area (Å²) < 4.78 is 24.6. The number of halogens is 1. The maximum Gasteiger partial charge on any atom is 0.410 e. The molecule has 0 spiro atoms. The van der Waals surface area contributed by atoms with Crippen LogP contribution in [0.25, 0.3) is 0 Å². The van der Waals surface area contributed by atoms with Crippen molar-refractivity contribution in [3.63, 3.8) is 0 Å². The van der Waals surface area contributed by atoms with Crippen molar-refractivity contribution < 1.29 is 23.6 Å². The number of carbonyl (C=O) groups excluding carboxylic acids is 1. The third-order valence-electron chi connectivity index (χ3n) is 4.03. The molecular weight excluding hydrogens is 345 g/mol. The highest BCUT2D eigenvalue weighted by Gasteiger charge is 2.34. The van der Waals surface area contributed by atoms with Crippen LogP contribution in [-0.2, 0) is 4.74 Å². The van der Waals surface area contributed by atoms with Crippen molar-refractivity contribution in [1.82, 2.24) is 4.90 Å². The fraction of sp³-hybridized carbons (Fsp3) is 0.588. The number of amides is 1. The number of nitro benzene ring substituents is 1. The minimum Gasteiger partial charge on any atom is -0.497 e. The monoisotopic (exact) mass is 369 g/mol. The van der Waals surface area contributed by atoms with Crippen molar-refractivity contribution >= 4 is 17.5 Å². The van der Waals surface area contributed by atoms with Crippen molar-refractivity contribution in [2.24, 2.45) is 0 Å². The lowest BCUT2D eigenvalue weighted by Crippen LogP contribution is -2.55. The lowest BCUT2D eigenvalue weighted by molar-refractivity contribution is -0.386. The second-order valence-electron chi connectivity index (χ2n) is 7.20. The van der Waals surface area contributed by atoms with Gasteiger partial charge in [-0.2, -0.15) is 4.39 Å². The smallest absolute Gasteiger partial charge is 0.410 e. The Bertz CT molecular complexity index is 704. The Morgan fingerprint density at radius 3 is 2.50 bits per heavy atom. The summed E-state index contributed by atoms with van der Waals surface area (Å²) in [5, 5.41) is 11.3. The molecule has 1 fully saturated rings. The summed E-state index contributed by atoms with van der Waals surface area (Å²) in [5.41, 5.74) is -1.06. The summed E-state index contributed by atoms with van der Waals surface area (Å²) in [6, 6.07) is 2.17. The summed E-state index contributed by atoms with van der Waals surface area (Å²) in [6.07, 6.45) is -0.434. The Morgan fingerprint density at radius 1 is 1.35 bits per heavy atom. The molecule has 8 nitrogen and oxygen atoms in total. The molecule has 0 radical (unpaired) electrons. The number of nitrogens with zero attached hydrogens (tertiary/aromatic N) is 3. The van der Waals surface area contributed by atoms with Gasteiger partial charge in [0, 0.05) is 37.8 Å². The van der Waals surface area contributed by atoms with E-state index in [1.807, 2.05) is 6.92 Å². The second-order valence-corrected chi connectivity index (χ2v) is 7.20. The van der Waals surface area contributed by atoms with Crippen LogP contribution in [0, 0.1) is 15.9 Å².